The summed E-state index contributed by atoms with van der Waals surface area (Å²) in [5, 5.41) is 9.77. The van der Waals surface area contributed by atoms with Crippen LogP contribution in [0, 0.1) is 34.5 Å². The van der Waals surface area contributed by atoms with Crippen LogP contribution in [0.1, 0.15) is 104 Å². The van der Waals surface area contributed by atoms with Crippen molar-refractivity contribution in [2.75, 3.05) is 0 Å². The average molecular weight is 304 g/mol. The largest absolute Gasteiger partial charge is 0.198 e. The van der Waals surface area contributed by atoms with Crippen molar-refractivity contribution in [1.82, 2.24) is 0 Å². The topological polar surface area (TPSA) is 23.8 Å². The highest BCUT2D eigenvalue weighted by atomic mass is 14.5. The fourth-order valence-electron chi connectivity index (χ4n) is 5.15. The van der Waals surface area contributed by atoms with E-state index in [2.05, 4.69) is 19.9 Å². The van der Waals surface area contributed by atoms with E-state index < -0.39 is 0 Å². The van der Waals surface area contributed by atoms with Crippen LogP contribution in [0.3, 0.4) is 0 Å². The molecule has 126 valence electrons. The Balaban J connectivity index is 1.84. The fraction of sp³-hybridized carbons (Fsp3) is 0.952. The van der Waals surface area contributed by atoms with Crippen molar-refractivity contribution in [2.24, 2.45) is 23.2 Å². The first kappa shape index (κ1) is 17.8. The van der Waals surface area contributed by atoms with Crippen molar-refractivity contribution >= 4 is 0 Å². The van der Waals surface area contributed by atoms with Crippen molar-refractivity contribution in [3.63, 3.8) is 0 Å². The van der Waals surface area contributed by atoms with Crippen LogP contribution in [0.25, 0.3) is 0 Å². The van der Waals surface area contributed by atoms with Gasteiger partial charge in [-0.05, 0) is 49.9 Å². The Morgan fingerprint density at radius 2 is 1.68 bits per heavy atom. The van der Waals surface area contributed by atoms with Gasteiger partial charge in [-0.15, -0.1) is 0 Å². The lowest BCUT2D eigenvalue weighted by molar-refractivity contribution is 0.103. The van der Waals surface area contributed by atoms with Gasteiger partial charge in [0.05, 0.1) is 11.5 Å². The van der Waals surface area contributed by atoms with Gasteiger partial charge in [-0.3, -0.25) is 0 Å². The second kappa shape index (κ2) is 8.95. The molecular formula is C21H37N. The van der Waals surface area contributed by atoms with Crippen LogP contribution >= 0.6 is 0 Å². The molecule has 2 atom stereocenters. The van der Waals surface area contributed by atoms with Crippen LogP contribution in [-0.2, 0) is 0 Å². The molecule has 2 fully saturated rings. The molecule has 0 aromatic rings. The van der Waals surface area contributed by atoms with Gasteiger partial charge in [0.1, 0.15) is 0 Å². The minimum atomic E-state index is 0.0397. The third kappa shape index (κ3) is 4.74. The van der Waals surface area contributed by atoms with Gasteiger partial charge in [-0.25, -0.2) is 0 Å². The molecule has 0 amide bonds. The minimum absolute atomic E-state index is 0.0397. The molecule has 0 N–H and O–H groups in total. The van der Waals surface area contributed by atoms with Gasteiger partial charge in [-0.1, -0.05) is 71.6 Å². The maximum atomic E-state index is 9.77. The lowest BCUT2D eigenvalue weighted by atomic mass is 9.62. The van der Waals surface area contributed by atoms with Gasteiger partial charge in [0.25, 0.3) is 0 Å². The van der Waals surface area contributed by atoms with E-state index in [0.717, 1.165) is 24.2 Å². The van der Waals surface area contributed by atoms with E-state index in [4.69, 9.17) is 0 Å². The second-order valence-corrected chi connectivity index (χ2v) is 8.28. The van der Waals surface area contributed by atoms with Gasteiger partial charge in [-0.2, -0.15) is 5.26 Å². The van der Waals surface area contributed by atoms with E-state index in [1.807, 2.05) is 0 Å². The zero-order chi connectivity index (χ0) is 15.8. The number of rotatable bonds is 7. The van der Waals surface area contributed by atoms with Gasteiger partial charge in [0, 0.05) is 0 Å². The number of hydrogen-bond acceptors (Lipinski definition) is 1. The molecule has 1 heteroatoms. The highest BCUT2D eigenvalue weighted by Crippen LogP contribution is 2.48. The molecule has 0 bridgehead atoms. The molecule has 0 aromatic heterocycles. The van der Waals surface area contributed by atoms with E-state index in [1.165, 1.54) is 83.5 Å². The molecule has 0 aliphatic heterocycles. The van der Waals surface area contributed by atoms with Gasteiger partial charge < -0.3 is 0 Å². The summed E-state index contributed by atoms with van der Waals surface area (Å²) >= 11 is 0. The SMILES string of the molecule is CCCCC1(C#N)CCCC([C@H]2CC[C@H](CCCC)CC2)C1. The van der Waals surface area contributed by atoms with Crippen molar-refractivity contribution in [2.45, 2.75) is 104 Å². The summed E-state index contributed by atoms with van der Waals surface area (Å²) in [6.07, 6.45) is 18.8. The summed E-state index contributed by atoms with van der Waals surface area (Å²) in [6.45, 7) is 4.56. The Kier molecular flexibility index (Phi) is 7.26. The molecule has 2 aliphatic rings. The molecule has 2 saturated carbocycles. The van der Waals surface area contributed by atoms with Crippen molar-refractivity contribution in [3.8, 4) is 6.07 Å². The number of nitriles is 1. The zero-order valence-electron chi connectivity index (χ0n) is 15.1. The third-order valence-electron chi connectivity index (χ3n) is 6.65. The van der Waals surface area contributed by atoms with Gasteiger partial charge >= 0.3 is 0 Å². The smallest absolute Gasteiger partial charge is 0.0689 e. The van der Waals surface area contributed by atoms with Crippen LogP contribution in [0.4, 0.5) is 0 Å². The van der Waals surface area contributed by atoms with Crippen LogP contribution in [0.2, 0.25) is 0 Å². The highest BCUT2D eigenvalue weighted by molar-refractivity contribution is 5.03. The summed E-state index contributed by atoms with van der Waals surface area (Å²) in [6, 6.07) is 2.76. The zero-order valence-corrected chi connectivity index (χ0v) is 15.1. The predicted molar refractivity (Wildman–Crippen MR) is 94.5 cm³/mol. The standard InChI is InChI=1S/C21H37N/c1-3-5-8-18-10-12-19(13-11-18)20-9-7-15-21(16-20,17-22)14-6-4-2/h18-20H,3-16H2,1-2H3/t18-,19-,20?,21?. The van der Waals surface area contributed by atoms with Crippen molar-refractivity contribution < 1.29 is 0 Å². The maximum absolute atomic E-state index is 9.77. The summed E-state index contributed by atoms with van der Waals surface area (Å²) in [5.41, 5.74) is 0.0397. The van der Waals surface area contributed by atoms with E-state index in [-0.39, 0.29) is 5.41 Å². The molecule has 0 radical (unpaired) electrons. The molecule has 0 heterocycles. The van der Waals surface area contributed by atoms with Crippen LogP contribution < -0.4 is 0 Å². The van der Waals surface area contributed by atoms with E-state index in [9.17, 15) is 5.26 Å². The van der Waals surface area contributed by atoms with Gasteiger partial charge in [0.15, 0.2) is 0 Å². The van der Waals surface area contributed by atoms with E-state index >= 15 is 0 Å². The first-order valence-electron chi connectivity index (χ1n) is 10.1. The highest BCUT2D eigenvalue weighted by Gasteiger charge is 2.39. The van der Waals surface area contributed by atoms with E-state index in [0.29, 0.717) is 0 Å². The monoisotopic (exact) mass is 303 g/mol. The second-order valence-electron chi connectivity index (χ2n) is 8.28. The Morgan fingerprint density at radius 3 is 2.32 bits per heavy atom. The number of hydrogen-bond donors (Lipinski definition) is 0. The molecule has 0 saturated heterocycles. The Labute approximate surface area is 138 Å². The van der Waals surface area contributed by atoms with Crippen LogP contribution in [0.15, 0.2) is 0 Å². The third-order valence-corrected chi connectivity index (χ3v) is 6.65. The minimum Gasteiger partial charge on any atom is -0.198 e. The summed E-state index contributed by atoms with van der Waals surface area (Å²) in [7, 11) is 0. The van der Waals surface area contributed by atoms with Crippen LogP contribution in [0.5, 0.6) is 0 Å². The molecule has 0 aromatic carbocycles. The lowest BCUT2D eigenvalue weighted by Gasteiger charge is -2.42. The lowest BCUT2D eigenvalue weighted by Crippen LogP contribution is -2.32. The molecule has 2 aliphatic carbocycles. The summed E-state index contributed by atoms with van der Waals surface area (Å²) < 4.78 is 0. The summed E-state index contributed by atoms with van der Waals surface area (Å²) in [5.74, 6) is 2.81. The quantitative estimate of drug-likeness (QED) is 0.503. The van der Waals surface area contributed by atoms with Gasteiger partial charge in [0.2, 0.25) is 0 Å². The van der Waals surface area contributed by atoms with E-state index in [1.54, 1.807) is 0 Å². The first-order valence-corrected chi connectivity index (χ1v) is 10.1. The molecule has 0 spiro atoms. The molecule has 22 heavy (non-hydrogen) atoms. The molecule has 2 rings (SSSR count). The number of unbranched alkanes of at least 4 members (excludes halogenated alkanes) is 2. The molecular weight excluding hydrogens is 266 g/mol. The predicted octanol–water partition coefficient (Wildman–Crippen LogP) is 6.87. The van der Waals surface area contributed by atoms with Crippen LogP contribution in [-0.4, -0.2) is 0 Å². The fourth-order valence-corrected chi connectivity index (χ4v) is 5.15. The molecule has 2 unspecified atom stereocenters. The Morgan fingerprint density at radius 1 is 0.955 bits per heavy atom. The number of nitrogens with zero attached hydrogens (tertiary/aromatic N) is 1. The first-order chi connectivity index (χ1) is 10.7. The molecule has 1 nitrogen and oxygen atoms in total. The average Bonchev–Trinajstić information content (AvgIpc) is 2.59. The summed E-state index contributed by atoms with van der Waals surface area (Å²) in [4.78, 5) is 0. The normalized spacial score (nSPS) is 36.0. The Bertz CT molecular complexity index is 347. The Hall–Kier alpha value is -0.510. The maximum Gasteiger partial charge on any atom is 0.0689 e. The van der Waals surface area contributed by atoms with Crippen molar-refractivity contribution in [3.05, 3.63) is 0 Å². The van der Waals surface area contributed by atoms with Crippen molar-refractivity contribution in [1.29, 1.82) is 5.26 Å².